The van der Waals surface area contributed by atoms with Crippen LogP contribution in [0.5, 0.6) is 0 Å². The molecule has 0 atom stereocenters. The Morgan fingerprint density at radius 1 is 1.08 bits per heavy atom. The van der Waals surface area contributed by atoms with Crippen molar-refractivity contribution in [3.8, 4) is 11.8 Å². The van der Waals surface area contributed by atoms with Crippen molar-refractivity contribution in [2.24, 2.45) is 0 Å². The minimum absolute atomic E-state index is 0.0463. The van der Waals surface area contributed by atoms with Gasteiger partial charge in [-0.15, -0.1) is 0 Å². The van der Waals surface area contributed by atoms with Gasteiger partial charge < -0.3 is 13.8 Å². The summed E-state index contributed by atoms with van der Waals surface area (Å²) in [6.45, 7) is 5.24. The topological polar surface area (TPSA) is 87.9 Å². The molecule has 144 valence electrons. The highest BCUT2D eigenvalue weighted by Crippen LogP contribution is 2.48. The SMILES string of the molecule is CCOP(=O)(CCCCCOCC#Cc1ccc([N+](=O)[O-])cc1)OCC. The van der Waals surface area contributed by atoms with Crippen molar-refractivity contribution in [3.05, 3.63) is 39.9 Å². The third-order valence-corrected chi connectivity index (χ3v) is 5.52. The van der Waals surface area contributed by atoms with Gasteiger partial charge in [-0.3, -0.25) is 14.7 Å². The van der Waals surface area contributed by atoms with E-state index in [1.807, 2.05) is 0 Å². The van der Waals surface area contributed by atoms with E-state index in [0.717, 1.165) is 19.3 Å². The molecule has 0 saturated heterocycles. The number of nitro benzene ring substituents is 1. The van der Waals surface area contributed by atoms with Crippen molar-refractivity contribution in [1.82, 2.24) is 0 Å². The fraction of sp³-hybridized carbons (Fsp3) is 0.556. The quantitative estimate of drug-likeness (QED) is 0.175. The first-order valence-electron chi connectivity index (χ1n) is 8.70. The first-order chi connectivity index (χ1) is 12.5. The van der Waals surface area contributed by atoms with Gasteiger partial charge in [0.1, 0.15) is 6.61 Å². The van der Waals surface area contributed by atoms with Crippen molar-refractivity contribution >= 4 is 13.3 Å². The number of benzene rings is 1. The smallest absolute Gasteiger partial charge is 0.330 e. The summed E-state index contributed by atoms with van der Waals surface area (Å²) in [6, 6.07) is 6.07. The van der Waals surface area contributed by atoms with Gasteiger partial charge in [-0.1, -0.05) is 18.3 Å². The maximum atomic E-state index is 12.2. The molecule has 1 rings (SSSR count). The number of unbranched alkanes of at least 4 members (excludes halogenated alkanes) is 2. The highest BCUT2D eigenvalue weighted by molar-refractivity contribution is 7.53. The van der Waals surface area contributed by atoms with E-state index in [2.05, 4.69) is 11.8 Å². The van der Waals surface area contributed by atoms with Crippen molar-refractivity contribution in [2.45, 2.75) is 33.1 Å². The van der Waals surface area contributed by atoms with Crippen LogP contribution >= 0.6 is 7.60 Å². The lowest BCUT2D eigenvalue weighted by Gasteiger charge is -2.16. The molecule has 0 aliphatic heterocycles. The van der Waals surface area contributed by atoms with Gasteiger partial charge >= 0.3 is 7.60 Å². The highest BCUT2D eigenvalue weighted by Gasteiger charge is 2.22. The molecule has 0 unspecified atom stereocenters. The number of hydrogen-bond donors (Lipinski definition) is 0. The number of ether oxygens (including phenoxy) is 1. The maximum absolute atomic E-state index is 12.2. The monoisotopic (exact) mass is 383 g/mol. The number of non-ortho nitro benzene ring substituents is 1. The van der Waals surface area contributed by atoms with Crippen LogP contribution in [0.4, 0.5) is 5.69 Å². The molecule has 1 aromatic carbocycles. The van der Waals surface area contributed by atoms with Crippen molar-refractivity contribution < 1.29 is 23.3 Å². The van der Waals surface area contributed by atoms with E-state index in [1.54, 1.807) is 26.0 Å². The Hall–Kier alpha value is -1.71. The van der Waals surface area contributed by atoms with Crippen molar-refractivity contribution in [3.63, 3.8) is 0 Å². The molecule has 0 aromatic heterocycles. The minimum Gasteiger partial charge on any atom is -0.369 e. The van der Waals surface area contributed by atoms with Crippen LogP contribution in [0.2, 0.25) is 0 Å². The molecule has 8 heteroatoms. The van der Waals surface area contributed by atoms with Crippen LogP contribution in [0.3, 0.4) is 0 Å². The van der Waals surface area contributed by atoms with Gasteiger partial charge in [0.25, 0.3) is 5.69 Å². The van der Waals surface area contributed by atoms with Crippen LogP contribution in [-0.2, 0) is 18.3 Å². The van der Waals surface area contributed by atoms with Crippen molar-refractivity contribution in [1.29, 1.82) is 0 Å². The van der Waals surface area contributed by atoms with Gasteiger partial charge in [0.2, 0.25) is 0 Å². The first kappa shape index (κ1) is 22.3. The molecule has 26 heavy (non-hydrogen) atoms. The van der Waals surface area contributed by atoms with Gasteiger partial charge in [0.15, 0.2) is 0 Å². The fourth-order valence-electron chi connectivity index (χ4n) is 2.17. The summed E-state index contributed by atoms with van der Waals surface area (Å²) in [5.41, 5.74) is 0.756. The average molecular weight is 383 g/mol. The van der Waals surface area contributed by atoms with E-state index in [4.69, 9.17) is 13.8 Å². The van der Waals surface area contributed by atoms with Gasteiger partial charge in [-0.2, -0.15) is 0 Å². The van der Waals surface area contributed by atoms with Gasteiger partial charge in [-0.05, 0) is 38.8 Å². The van der Waals surface area contributed by atoms with E-state index in [9.17, 15) is 14.7 Å². The fourth-order valence-corrected chi connectivity index (χ4v) is 3.90. The largest absolute Gasteiger partial charge is 0.369 e. The van der Waals surface area contributed by atoms with E-state index in [-0.39, 0.29) is 5.69 Å². The number of rotatable bonds is 12. The predicted molar refractivity (Wildman–Crippen MR) is 100 cm³/mol. The van der Waals surface area contributed by atoms with Crippen LogP contribution in [0.25, 0.3) is 0 Å². The Labute approximate surface area is 154 Å². The van der Waals surface area contributed by atoms with Crippen LogP contribution in [0, 0.1) is 22.0 Å². The zero-order valence-corrected chi connectivity index (χ0v) is 16.2. The summed E-state index contributed by atoms with van der Waals surface area (Å²) in [5.74, 6) is 5.77. The Morgan fingerprint density at radius 3 is 2.31 bits per heavy atom. The summed E-state index contributed by atoms with van der Waals surface area (Å²) in [7, 11) is -2.93. The summed E-state index contributed by atoms with van der Waals surface area (Å²) in [4.78, 5) is 10.1. The maximum Gasteiger partial charge on any atom is 0.330 e. The number of hydrogen-bond acceptors (Lipinski definition) is 6. The van der Waals surface area contributed by atoms with Crippen LogP contribution in [0.15, 0.2) is 24.3 Å². The lowest BCUT2D eigenvalue weighted by molar-refractivity contribution is -0.384. The Kier molecular flexibility index (Phi) is 10.8. The first-order valence-corrected chi connectivity index (χ1v) is 10.4. The molecule has 0 spiro atoms. The van der Waals surface area contributed by atoms with Crippen LogP contribution < -0.4 is 0 Å². The Morgan fingerprint density at radius 2 is 1.73 bits per heavy atom. The van der Waals surface area contributed by atoms with Crippen LogP contribution in [-0.4, -0.2) is 37.5 Å². The number of nitrogens with zero attached hydrogens (tertiary/aromatic N) is 1. The van der Waals surface area contributed by atoms with E-state index in [0.29, 0.717) is 38.2 Å². The van der Waals surface area contributed by atoms with E-state index in [1.165, 1.54) is 12.1 Å². The summed E-state index contributed by atoms with van der Waals surface area (Å²) in [5, 5.41) is 10.6. The molecular weight excluding hydrogens is 357 g/mol. The molecular formula is C18H26NO6P. The molecule has 0 bridgehead atoms. The minimum atomic E-state index is -2.93. The highest BCUT2D eigenvalue weighted by atomic mass is 31.2. The van der Waals surface area contributed by atoms with Crippen molar-refractivity contribution in [2.75, 3.05) is 32.6 Å². The molecule has 0 aliphatic carbocycles. The lowest BCUT2D eigenvalue weighted by Crippen LogP contribution is -2.01. The predicted octanol–water partition coefficient (Wildman–Crippen LogP) is 4.40. The summed E-state index contributed by atoms with van der Waals surface area (Å²) >= 11 is 0. The van der Waals surface area contributed by atoms with E-state index < -0.39 is 12.5 Å². The summed E-state index contributed by atoms with van der Waals surface area (Å²) < 4.78 is 28.2. The normalized spacial score (nSPS) is 11.0. The third-order valence-electron chi connectivity index (χ3n) is 3.36. The zero-order chi connectivity index (χ0) is 19.3. The summed E-state index contributed by atoms with van der Waals surface area (Å²) in [6.07, 6.45) is 2.90. The second kappa shape index (κ2) is 12.6. The van der Waals surface area contributed by atoms with E-state index >= 15 is 0 Å². The van der Waals surface area contributed by atoms with Crippen LogP contribution in [0.1, 0.15) is 38.7 Å². The molecule has 0 aliphatic rings. The molecule has 0 heterocycles. The molecule has 1 aromatic rings. The Balaban J connectivity index is 2.16. The molecule has 0 fully saturated rings. The lowest BCUT2D eigenvalue weighted by atomic mass is 10.2. The average Bonchev–Trinajstić information content (AvgIpc) is 2.61. The second-order valence-electron chi connectivity index (χ2n) is 5.39. The molecule has 0 saturated carbocycles. The molecule has 0 radical (unpaired) electrons. The standard InChI is InChI=1S/C18H26NO6P/c1-3-24-26(22,25-4-2)16-7-5-6-14-23-15-8-9-17-10-12-18(13-11-17)19(20)21/h10-13H,3-7,14-16H2,1-2H3. The zero-order valence-electron chi connectivity index (χ0n) is 15.3. The second-order valence-corrected chi connectivity index (χ2v) is 7.57. The molecule has 0 amide bonds. The Bertz CT molecular complexity index is 640. The molecule has 7 nitrogen and oxygen atoms in total. The molecule has 0 N–H and O–H groups in total. The number of nitro groups is 1. The van der Waals surface area contributed by atoms with Gasteiger partial charge in [0, 0.05) is 24.3 Å². The van der Waals surface area contributed by atoms with Gasteiger partial charge in [0.05, 0.1) is 24.3 Å². The third kappa shape index (κ3) is 9.12. The van der Waals surface area contributed by atoms with Gasteiger partial charge in [-0.25, -0.2) is 0 Å².